The van der Waals surface area contributed by atoms with E-state index in [9.17, 15) is 4.79 Å². The predicted molar refractivity (Wildman–Crippen MR) is 69.5 cm³/mol. The third-order valence-corrected chi connectivity index (χ3v) is 3.55. The van der Waals surface area contributed by atoms with E-state index in [1.54, 1.807) is 0 Å². The zero-order chi connectivity index (χ0) is 11.4. The summed E-state index contributed by atoms with van der Waals surface area (Å²) in [5.74, 6) is 0.504. The molecule has 2 fully saturated rings. The SMILES string of the molecule is CCN(CC1CCCO1)C(=O)C1CCNC1.Cl. The van der Waals surface area contributed by atoms with Crippen molar-refractivity contribution in [1.82, 2.24) is 10.2 Å². The van der Waals surface area contributed by atoms with E-state index < -0.39 is 0 Å². The third-order valence-electron chi connectivity index (χ3n) is 3.55. The quantitative estimate of drug-likeness (QED) is 0.823. The zero-order valence-corrected chi connectivity index (χ0v) is 11.3. The zero-order valence-electron chi connectivity index (χ0n) is 10.5. The second kappa shape index (κ2) is 7.19. The maximum atomic E-state index is 12.2. The van der Waals surface area contributed by atoms with Crippen molar-refractivity contribution in [3.05, 3.63) is 0 Å². The van der Waals surface area contributed by atoms with Gasteiger partial charge in [0, 0.05) is 26.2 Å². The average Bonchev–Trinajstić information content (AvgIpc) is 2.97. The van der Waals surface area contributed by atoms with Gasteiger partial charge >= 0.3 is 0 Å². The first kappa shape index (κ1) is 14.7. The highest BCUT2D eigenvalue weighted by atomic mass is 35.5. The van der Waals surface area contributed by atoms with Gasteiger partial charge in [0.25, 0.3) is 0 Å². The number of carbonyl (C=O) groups is 1. The van der Waals surface area contributed by atoms with Crippen molar-refractivity contribution in [2.45, 2.75) is 32.3 Å². The number of nitrogens with one attached hydrogen (secondary N) is 1. The summed E-state index contributed by atoms with van der Waals surface area (Å²) in [4.78, 5) is 14.2. The molecular weight excluding hydrogens is 240 g/mol. The lowest BCUT2D eigenvalue weighted by Gasteiger charge is -2.26. The largest absolute Gasteiger partial charge is 0.376 e. The molecule has 4 nitrogen and oxygen atoms in total. The van der Waals surface area contributed by atoms with Crippen molar-refractivity contribution >= 4 is 18.3 Å². The van der Waals surface area contributed by atoms with Crippen LogP contribution in [0.2, 0.25) is 0 Å². The molecule has 2 rings (SSSR count). The normalized spacial score (nSPS) is 27.8. The van der Waals surface area contributed by atoms with E-state index >= 15 is 0 Å². The molecule has 1 amide bonds. The number of halogens is 1. The first-order chi connectivity index (χ1) is 7.81. The van der Waals surface area contributed by atoms with E-state index in [2.05, 4.69) is 12.2 Å². The van der Waals surface area contributed by atoms with Crippen molar-refractivity contribution in [2.75, 3.05) is 32.8 Å². The summed E-state index contributed by atoms with van der Waals surface area (Å²) in [7, 11) is 0. The Hall–Kier alpha value is -0.320. The first-order valence-electron chi connectivity index (χ1n) is 6.42. The van der Waals surface area contributed by atoms with Crippen molar-refractivity contribution in [2.24, 2.45) is 5.92 Å². The van der Waals surface area contributed by atoms with E-state index in [-0.39, 0.29) is 24.4 Å². The maximum absolute atomic E-state index is 12.2. The topological polar surface area (TPSA) is 41.6 Å². The number of carbonyl (C=O) groups excluding carboxylic acids is 1. The second-order valence-electron chi connectivity index (χ2n) is 4.70. The minimum absolute atomic E-state index is 0. The van der Waals surface area contributed by atoms with Crippen LogP contribution in [0.3, 0.4) is 0 Å². The Morgan fingerprint density at radius 1 is 1.47 bits per heavy atom. The summed E-state index contributed by atoms with van der Waals surface area (Å²) >= 11 is 0. The Morgan fingerprint density at radius 2 is 2.29 bits per heavy atom. The van der Waals surface area contributed by atoms with E-state index in [1.807, 2.05) is 4.90 Å². The van der Waals surface area contributed by atoms with Gasteiger partial charge in [-0.25, -0.2) is 0 Å². The van der Waals surface area contributed by atoms with Crippen LogP contribution in [0.5, 0.6) is 0 Å². The molecule has 0 aromatic heterocycles. The standard InChI is InChI=1S/C12H22N2O2.ClH/c1-2-14(9-11-4-3-7-16-11)12(15)10-5-6-13-8-10;/h10-11,13H,2-9H2,1H3;1H. The van der Waals surface area contributed by atoms with Gasteiger partial charge in [0.2, 0.25) is 5.91 Å². The van der Waals surface area contributed by atoms with Crippen LogP contribution in [0.4, 0.5) is 0 Å². The van der Waals surface area contributed by atoms with Gasteiger partial charge in [0.05, 0.1) is 12.0 Å². The molecule has 0 aromatic rings. The highest BCUT2D eigenvalue weighted by Crippen LogP contribution is 2.16. The lowest BCUT2D eigenvalue weighted by molar-refractivity contribution is -0.136. The fourth-order valence-corrected chi connectivity index (χ4v) is 2.53. The first-order valence-corrected chi connectivity index (χ1v) is 6.42. The Morgan fingerprint density at radius 3 is 2.82 bits per heavy atom. The van der Waals surface area contributed by atoms with Gasteiger partial charge in [0.15, 0.2) is 0 Å². The number of rotatable bonds is 4. The van der Waals surface area contributed by atoms with Gasteiger partial charge in [-0.3, -0.25) is 4.79 Å². The molecule has 0 spiro atoms. The van der Waals surface area contributed by atoms with Crippen LogP contribution >= 0.6 is 12.4 Å². The van der Waals surface area contributed by atoms with Crippen molar-refractivity contribution in [3.8, 4) is 0 Å². The van der Waals surface area contributed by atoms with Crippen molar-refractivity contribution < 1.29 is 9.53 Å². The molecule has 2 saturated heterocycles. The lowest BCUT2D eigenvalue weighted by atomic mass is 10.1. The van der Waals surface area contributed by atoms with Crippen LogP contribution in [-0.4, -0.2) is 49.7 Å². The number of amides is 1. The van der Waals surface area contributed by atoms with Crippen molar-refractivity contribution in [3.63, 3.8) is 0 Å². The fourth-order valence-electron chi connectivity index (χ4n) is 2.53. The highest BCUT2D eigenvalue weighted by Gasteiger charge is 2.28. The summed E-state index contributed by atoms with van der Waals surface area (Å²) in [6.07, 6.45) is 3.51. The summed E-state index contributed by atoms with van der Waals surface area (Å²) in [6, 6.07) is 0. The molecule has 0 saturated carbocycles. The highest BCUT2D eigenvalue weighted by molar-refractivity contribution is 5.85. The number of hydrogen-bond donors (Lipinski definition) is 1. The summed E-state index contributed by atoms with van der Waals surface area (Å²) in [5, 5.41) is 3.25. The molecule has 0 radical (unpaired) electrons. The molecule has 2 atom stereocenters. The van der Waals surface area contributed by atoms with Crippen LogP contribution in [0.25, 0.3) is 0 Å². The van der Waals surface area contributed by atoms with Gasteiger partial charge in [0.1, 0.15) is 0 Å². The summed E-state index contributed by atoms with van der Waals surface area (Å²) in [6.45, 7) is 6.33. The van der Waals surface area contributed by atoms with Gasteiger partial charge in [-0.05, 0) is 32.7 Å². The summed E-state index contributed by atoms with van der Waals surface area (Å²) < 4.78 is 5.59. The number of likely N-dealkylation sites (N-methyl/N-ethyl adjacent to an activating group) is 1. The predicted octanol–water partition coefficient (Wildman–Crippen LogP) is 1.05. The van der Waals surface area contributed by atoms with Gasteiger partial charge in [-0.15, -0.1) is 12.4 Å². The monoisotopic (exact) mass is 262 g/mol. The van der Waals surface area contributed by atoms with E-state index in [1.165, 1.54) is 0 Å². The smallest absolute Gasteiger partial charge is 0.227 e. The number of ether oxygens (including phenoxy) is 1. The lowest BCUT2D eigenvalue weighted by Crippen LogP contribution is -2.41. The Kier molecular flexibility index (Phi) is 6.23. The van der Waals surface area contributed by atoms with Gasteiger partial charge in [-0.2, -0.15) is 0 Å². The molecule has 0 bridgehead atoms. The third kappa shape index (κ3) is 3.83. The van der Waals surface area contributed by atoms with Crippen LogP contribution in [0.1, 0.15) is 26.2 Å². The molecule has 2 unspecified atom stereocenters. The van der Waals surface area contributed by atoms with E-state index in [4.69, 9.17) is 4.74 Å². The van der Waals surface area contributed by atoms with Crippen LogP contribution in [-0.2, 0) is 9.53 Å². The van der Waals surface area contributed by atoms with Crippen LogP contribution < -0.4 is 5.32 Å². The van der Waals surface area contributed by atoms with Gasteiger partial charge in [-0.1, -0.05) is 0 Å². The molecule has 2 aliphatic heterocycles. The number of nitrogens with zero attached hydrogens (tertiary/aromatic N) is 1. The molecule has 100 valence electrons. The molecule has 2 aliphatic rings. The molecule has 0 aromatic carbocycles. The molecule has 5 heteroatoms. The summed E-state index contributed by atoms with van der Waals surface area (Å²) in [5.41, 5.74) is 0. The second-order valence-corrected chi connectivity index (χ2v) is 4.70. The van der Waals surface area contributed by atoms with E-state index in [0.717, 1.165) is 52.0 Å². The number of hydrogen-bond acceptors (Lipinski definition) is 3. The van der Waals surface area contributed by atoms with Crippen molar-refractivity contribution in [1.29, 1.82) is 0 Å². The van der Waals surface area contributed by atoms with E-state index in [0.29, 0.717) is 5.91 Å². The molecule has 1 N–H and O–H groups in total. The minimum Gasteiger partial charge on any atom is -0.376 e. The maximum Gasteiger partial charge on any atom is 0.227 e. The van der Waals surface area contributed by atoms with Crippen LogP contribution in [0.15, 0.2) is 0 Å². The average molecular weight is 263 g/mol. The Balaban J connectivity index is 0.00000144. The Labute approximate surface area is 109 Å². The Bertz CT molecular complexity index is 239. The minimum atomic E-state index is 0. The van der Waals surface area contributed by atoms with Crippen LogP contribution in [0, 0.1) is 5.92 Å². The molecule has 0 aliphatic carbocycles. The van der Waals surface area contributed by atoms with Gasteiger partial charge < -0.3 is 15.0 Å². The molecular formula is C12H23ClN2O2. The molecule has 2 heterocycles. The molecule has 17 heavy (non-hydrogen) atoms. The fraction of sp³-hybridized carbons (Fsp3) is 0.917.